The Kier molecular flexibility index (Phi) is 3.22. The lowest BCUT2D eigenvalue weighted by Gasteiger charge is -2.24. The number of hydrogen-bond donors (Lipinski definition) is 0. The second-order valence-corrected chi connectivity index (χ2v) is 5.67. The highest BCUT2D eigenvalue weighted by atomic mass is 32.1. The summed E-state index contributed by atoms with van der Waals surface area (Å²) in [5, 5.41) is 1.07. The van der Waals surface area contributed by atoms with Crippen molar-refractivity contribution >= 4 is 26.7 Å². The van der Waals surface area contributed by atoms with Gasteiger partial charge in [-0.15, -0.1) is 0 Å². The zero-order valence-electron chi connectivity index (χ0n) is 11.1. The molecular formula is C16H16N2S. The molecule has 96 valence electrons. The molecule has 0 bridgehead atoms. The molecule has 3 rings (SSSR count). The molecule has 0 aliphatic rings. The van der Waals surface area contributed by atoms with Gasteiger partial charge in [-0.25, -0.2) is 4.98 Å². The highest BCUT2D eigenvalue weighted by Gasteiger charge is 2.15. The molecular weight excluding hydrogens is 252 g/mol. The molecule has 3 heteroatoms. The van der Waals surface area contributed by atoms with E-state index in [0.717, 1.165) is 10.6 Å². The van der Waals surface area contributed by atoms with E-state index in [9.17, 15) is 0 Å². The maximum absolute atomic E-state index is 4.70. The lowest BCUT2D eigenvalue weighted by Crippen LogP contribution is -2.21. The van der Waals surface area contributed by atoms with Crippen LogP contribution in [0.25, 0.3) is 10.2 Å². The summed E-state index contributed by atoms with van der Waals surface area (Å²) in [4.78, 5) is 6.94. The molecule has 0 aliphatic carbocycles. The fourth-order valence-corrected chi connectivity index (χ4v) is 3.14. The van der Waals surface area contributed by atoms with E-state index in [4.69, 9.17) is 4.98 Å². The standard InChI is InChI=1S/C16H16N2S/c1-12(13-8-4-3-5-9-13)18(2)16-17-14-10-6-7-11-15(14)19-16/h3-12H,1-2H3/t12-/m0/s1. The molecule has 2 nitrogen and oxygen atoms in total. The van der Waals surface area contributed by atoms with Gasteiger partial charge in [0.25, 0.3) is 0 Å². The molecule has 0 aliphatic heterocycles. The Morgan fingerprint density at radius 1 is 1.00 bits per heavy atom. The summed E-state index contributed by atoms with van der Waals surface area (Å²) in [5.41, 5.74) is 2.39. The van der Waals surface area contributed by atoms with Crippen molar-refractivity contribution in [3.05, 3.63) is 60.2 Å². The molecule has 2 aromatic carbocycles. The Bertz CT molecular complexity index is 642. The van der Waals surface area contributed by atoms with E-state index in [0.29, 0.717) is 6.04 Å². The van der Waals surface area contributed by atoms with Gasteiger partial charge in [0.2, 0.25) is 0 Å². The number of rotatable bonds is 3. The van der Waals surface area contributed by atoms with E-state index in [1.807, 2.05) is 12.1 Å². The van der Waals surface area contributed by atoms with Crippen LogP contribution in [0.15, 0.2) is 54.6 Å². The van der Waals surface area contributed by atoms with Gasteiger partial charge in [-0.05, 0) is 24.6 Å². The van der Waals surface area contributed by atoms with Crippen LogP contribution >= 0.6 is 11.3 Å². The fraction of sp³-hybridized carbons (Fsp3) is 0.188. The minimum Gasteiger partial charge on any atom is -0.344 e. The van der Waals surface area contributed by atoms with Gasteiger partial charge < -0.3 is 4.90 Å². The van der Waals surface area contributed by atoms with E-state index in [1.165, 1.54) is 10.3 Å². The van der Waals surface area contributed by atoms with Gasteiger partial charge in [0.1, 0.15) is 0 Å². The third-order valence-corrected chi connectivity index (χ3v) is 4.57. The van der Waals surface area contributed by atoms with Crippen molar-refractivity contribution in [2.45, 2.75) is 13.0 Å². The second kappa shape index (κ2) is 5.02. The number of thiazole rings is 1. The molecule has 0 saturated carbocycles. The first kappa shape index (κ1) is 12.2. The molecule has 19 heavy (non-hydrogen) atoms. The molecule has 1 atom stereocenters. The van der Waals surface area contributed by atoms with E-state index in [1.54, 1.807) is 11.3 Å². The largest absolute Gasteiger partial charge is 0.344 e. The molecule has 0 fully saturated rings. The lowest BCUT2D eigenvalue weighted by molar-refractivity contribution is 0.738. The van der Waals surface area contributed by atoms with E-state index in [-0.39, 0.29) is 0 Å². The molecule has 0 radical (unpaired) electrons. The molecule has 1 aromatic heterocycles. The van der Waals surface area contributed by atoms with Crippen molar-refractivity contribution in [1.82, 2.24) is 4.98 Å². The fourth-order valence-electron chi connectivity index (χ4n) is 2.13. The monoisotopic (exact) mass is 268 g/mol. The zero-order valence-corrected chi connectivity index (χ0v) is 11.9. The van der Waals surface area contributed by atoms with E-state index in [2.05, 4.69) is 61.3 Å². The minimum absolute atomic E-state index is 0.321. The van der Waals surface area contributed by atoms with Crippen LogP contribution in [-0.4, -0.2) is 12.0 Å². The number of hydrogen-bond acceptors (Lipinski definition) is 3. The zero-order chi connectivity index (χ0) is 13.2. The molecule has 0 spiro atoms. The molecule has 0 amide bonds. The predicted molar refractivity (Wildman–Crippen MR) is 82.9 cm³/mol. The average molecular weight is 268 g/mol. The lowest BCUT2D eigenvalue weighted by atomic mass is 10.1. The smallest absolute Gasteiger partial charge is 0.186 e. The van der Waals surface area contributed by atoms with Gasteiger partial charge in [-0.1, -0.05) is 53.8 Å². The maximum atomic E-state index is 4.70. The van der Waals surface area contributed by atoms with Crippen molar-refractivity contribution in [3.63, 3.8) is 0 Å². The molecule has 0 N–H and O–H groups in total. The third kappa shape index (κ3) is 2.34. The second-order valence-electron chi connectivity index (χ2n) is 4.66. The third-order valence-electron chi connectivity index (χ3n) is 3.45. The van der Waals surface area contributed by atoms with E-state index < -0.39 is 0 Å². The summed E-state index contributed by atoms with van der Waals surface area (Å²) in [5.74, 6) is 0. The quantitative estimate of drug-likeness (QED) is 0.695. The number of benzene rings is 2. The van der Waals surface area contributed by atoms with Gasteiger partial charge in [0.15, 0.2) is 5.13 Å². The number of fused-ring (bicyclic) bond motifs is 1. The summed E-state index contributed by atoms with van der Waals surface area (Å²) in [7, 11) is 2.11. The summed E-state index contributed by atoms with van der Waals surface area (Å²) in [6.45, 7) is 2.21. The first-order chi connectivity index (χ1) is 9.25. The maximum Gasteiger partial charge on any atom is 0.186 e. The summed E-state index contributed by atoms with van der Waals surface area (Å²) in [6, 6.07) is 19.1. The number of para-hydroxylation sites is 1. The molecule has 0 unspecified atom stereocenters. The van der Waals surface area contributed by atoms with Crippen LogP contribution in [0.4, 0.5) is 5.13 Å². The van der Waals surface area contributed by atoms with Crippen molar-refractivity contribution in [2.24, 2.45) is 0 Å². The van der Waals surface area contributed by atoms with Crippen molar-refractivity contribution in [3.8, 4) is 0 Å². The van der Waals surface area contributed by atoms with Gasteiger partial charge in [0.05, 0.1) is 16.3 Å². The first-order valence-electron chi connectivity index (χ1n) is 6.39. The summed E-state index contributed by atoms with van der Waals surface area (Å²) in [6.07, 6.45) is 0. The highest BCUT2D eigenvalue weighted by molar-refractivity contribution is 7.22. The Morgan fingerprint density at radius 2 is 1.68 bits per heavy atom. The summed E-state index contributed by atoms with van der Waals surface area (Å²) >= 11 is 1.74. The summed E-state index contributed by atoms with van der Waals surface area (Å²) < 4.78 is 1.24. The van der Waals surface area contributed by atoms with Crippen LogP contribution in [0.5, 0.6) is 0 Å². The van der Waals surface area contributed by atoms with Crippen LogP contribution in [0.2, 0.25) is 0 Å². The van der Waals surface area contributed by atoms with Crippen molar-refractivity contribution < 1.29 is 0 Å². The number of aromatic nitrogens is 1. The van der Waals surface area contributed by atoms with Gasteiger partial charge >= 0.3 is 0 Å². The number of anilines is 1. The Hall–Kier alpha value is -1.87. The van der Waals surface area contributed by atoms with Gasteiger partial charge in [-0.2, -0.15) is 0 Å². The van der Waals surface area contributed by atoms with Crippen LogP contribution < -0.4 is 4.90 Å². The van der Waals surface area contributed by atoms with Crippen molar-refractivity contribution in [1.29, 1.82) is 0 Å². The molecule has 3 aromatic rings. The van der Waals surface area contributed by atoms with E-state index >= 15 is 0 Å². The van der Waals surface area contributed by atoms with Gasteiger partial charge in [0, 0.05) is 7.05 Å². The molecule has 0 saturated heterocycles. The molecule has 1 heterocycles. The van der Waals surface area contributed by atoms with Crippen LogP contribution in [-0.2, 0) is 0 Å². The Morgan fingerprint density at radius 3 is 2.42 bits per heavy atom. The first-order valence-corrected chi connectivity index (χ1v) is 7.21. The average Bonchev–Trinajstić information content (AvgIpc) is 2.90. The van der Waals surface area contributed by atoms with Crippen LogP contribution in [0.1, 0.15) is 18.5 Å². The SMILES string of the molecule is C[C@@H](c1ccccc1)N(C)c1nc2ccccc2s1. The normalized spacial score (nSPS) is 12.5. The number of nitrogens with zero attached hydrogens (tertiary/aromatic N) is 2. The van der Waals surface area contributed by atoms with Crippen LogP contribution in [0.3, 0.4) is 0 Å². The Labute approximate surface area is 117 Å². The highest BCUT2D eigenvalue weighted by Crippen LogP contribution is 2.32. The predicted octanol–water partition coefficient (Wildman–Crippen LogP) is 4.49. The Balaban J connectivity index is 1.93. The van der Waals surface area contributed by atoms with Crippen LogP contribution in [0, 0.1) is 0 Å². The van der Waals surface area contributed by atoms with Gasteiger partial charge in [-0.3, -0.25) is 0 Å². The topological polar surface area (TPSA) is 16.1 Å². The van der Waals surface area contributed by atoms with Crippen molar-refractivity contribution in [2.75, 3.05) is 11.9 Å². The minimum atomic E-state index is 0.321.